The summed E-state index contributed by atoms with van der Waals surface area (Å²) in [4.78, 5) is 20.1. The Kier molecular flexibility index (Phi) is 4.01. The third-order valence-corrected chi connectivity index (χ3v) is 2.15. The van der Waals surface area contributed by atoms with Gasteiger partial charge in [-0.05, 0) is 0 Å². The molecule has 0 N–H and O–H groups in total. The van der Waals surface area contributed by atoms with Crippen molar-refractivity contribution < 1.29 is 4.79 Å². The van der Waals surface area contributed by atoms with Crippen LogP contribution in [-0.4, -0.2) is 29.8 Å². The van der Waals surface area contributed by atoms with Crippen LogP contribution in [0.4, 0.5) is 5.82 Å². The Bertz CT molecular complexity index is 402. The third kappa shape index (κ3) is 2.64. The van der Waals surface area contributed by atoms with Gasteiger partial charge in [0.05, 0.1) is 18.1 Å². The molecule has 0 spiro atoms. The summed E-state index contributed by atoms with van der Waals surface area (Å²) in [6.07, 6.45) is 2.25. The molecular formula is C9H9ClN4O. The van der Waals surface area contributed by atoms with Crippen LogP contribution >= 0.6 is 11.6 Å². The van der Waals surface area contributed by atoms with Crippen molar-refractivity contribution in [2.75, 3.05) is 18.5 Å². The number of hydrogen-bond acceptors (Lipinski definition) is 5. The SMILES string of the molecule is CN(CCC#N)c1ncnc(Cl)c1C=O. The number of hydrogen-bond donors (Lipinski definition) is 0. The topological polar surface area (TPSA) is 69.9 Å². The molecule has 6 heteroatoms. The van der Waals surface area contributed by atoms with E-state index in [0.717, 1.165) is 0 Å². The minimum Gasteiger partial charge on any atom is -0.358 e. The van der Waals surface area contributed by atoms with Crippen LogP contribution in [0.2, 0.25) is 5.15 Å². The van der Waals surface area contributed by atoms with Gasteiger partial charge in [-0.2, -0.15) is 5.26 Å². The summed E-state index contributed by atoms with van der Waals surface area (Å²) in [7, 11) is 1.74. The highest BCUT2D eigenvalue weighted by Crippen LogP contribution is 2.20. The van der Waals surface area contributed by atoms with Crippen molar-refractivity contribution in [3.05, 3.63) is 17.0 Å². The first-order valence-electron chi connectivity index (χ1n) is 4.24. The van der Waals surface area contributed by atoms with Gasteiger partial charge in [0.2, 0.25) is 0 Å². The zero-order valence-electron chi connectivity index (χ0n) is 8.14. The number of carbonyl (C=O) groups excluding carboxylic acids is 1. The molecule has 0 aromatic carbocycles. The summed E-state index contributed by atoms with van der Waals surface area (Å²) in [5, 5.41) is 8.56. The third-order valence-electron chi connectivity index (χ3n) is 1.85. The lowest BCUT2D eigenvalue weighted by Gasteiger charge is -2.17. The van der Waals surface area contributed by atoms with E-state index in [2.05, 4.69) is 9.97 Å². The molecule has 15 heavy (non-hydrogen) atoms. The molecule has 0 amide bonds. The van der Waals surface area contributed by atoms with Crippen molar-refractivity contribution in [1.82, 2.24) is 9.97 Å². The maximum absolute atomic E-state index is 10.8. The van der Waals surface area contributed by atoms with E-state index in [1.807, 2.05) is 6.07 Å². The van der Waals surface area contributed by atoms with Crippen LogP contribution in [-0.2, 0) is 0 Å². The van der Waals surface area contributed by atoms with Crippen molar-refractivity contribution in [2.24, 2.45) is 0 Å². The number of anilines is 1. The van der Waals surface area contributed by atoms with Crippen molar-refractivity contribution in [2.45, 2.75) is 6.42 Å². The van der Waals surface area contributed by atoms with Crippen molar-refractivity contribution >= 4 is 23.7 Å². The highest BCUT2D eigenvalue weighted by atomic mass is 35.5. The van der Waals surface area contributed by atoms with Crippen LogP contribution < -0.4 is 4.90 Å². The van der Waals surface area contributed by atoms with E-state index in [4.69, 9.17) is 16.9 Å². The van der Waals surface area contributed by atoms with E-state index >= 15 is 0 Å². The Morgan fingerprint density at radius 1 is 1.67 bits per heavy atom. The van der Waals surface area contributed by atoms with E-state index in [1.54, 1.807) is 11.9 Å². The lowest BCUT2D eigenvalue weighted by molar-refractivity contribution is 0.112. The molecule has 0 aliphatic carbocycles. The largest absolute Gasteiger partial charge is 0.358 e. The number of halogens is 1. The minimum absolute atomic E-state index is 0.124. The van der Waals surface area contributed by atoms with Crippen LogP contribution in [0.3, 0.4) is 0 Å². The Morgan fingerprint density at radius 3 is 3.00 bits per heavy atom. The summed E-state index contributed by atoms with van der Waals surface area (Å²) in [6.45, 7) is 0.491. The van der Waals surface area contributed by atoms with Gasteiger partial charge in [0.25, 0.3) is 0 Å². The smallest absolute Gasteiger partial charge is 0.156 e. The molecule has 5 nitrogen and oxygen atoms in total. The van der Waals surface area contributed by atoms with Crippen molar-refractivity contribution in [1.29, 1.82) is 5.26 Å². The number of nitriles is 1. The maximum atomic E-state index is 10.8. The predicted molar refractivity (Wildman–Crippen MR) is 55.9 cm³/mol. The second-order valence-electron chi connectivity index (χ2n) is 2.85. The van der Waals surface area contributed by atoms with Crippen LogP contribution in [0.15, 0.2) is 6.33 Å². The molecule has 0 saturated heterocycles. The average molecular weight is 225 g/mol. The van der Waals surface area contributed by atoms with Crippen molar-refractivity contribution in [3.8, 4) is 6.07 Å². The molecule has 0 aliphatic rings. The standard InChI is InChI=1S/C9H9ClN4O/c1-14(4-2-3-11)9-7(5-15)8(10)12-6-13-9/h5-6H,2,4H2,1H3. The summed E-state index contributed by atoms with van der Waals surface area (Å²) in [6, 6.07) is 2.01. The summed E-state index contributed by atoms with van der Waals surface area (Å²) < 4.78 is 0. The first kappa shape index (κ1) is 11.4. The molecule has 1 aromatic rings. The first-order valence-corrected chi connectivity index (χ1v) is 4.62. The fourth-order valence-corrected chi connectivity index (χ4v) is 1.27. The predicted octanol–water partition coefficient (Wildman–Crippen LogP) is 1.29. The van der Waals surface area contributed by atoms with E-state index in [0.29, 0.717) is 25.1 Å². The quantitative estimate of drug-likeness (QED) is 0.569. The molecule has 0 unspecified atom stereocenters. The Balaban J connectivity index is 2.98. The van der Waals surface area contributed by atoms with Crippen LogP contribution in [0.1, 0.15) is 16.8 Å². The van der Waals surface area contributed by atoms with Gasteiger partial charge < -0.3 is 4.90 Å². The molecule has 0 bridgehead atoms. The number of aldehydes is 1. The second kappa shape index (κ2) is 5.27. The lowest BCUT2D eigenvalue weighted by Crippen LogP contribution is -2.21. The Morgan fingerprint density at radius 2 is 2.40 bits per heavy atom. The average Bonchev–Trinajstić information content (AvgIpc) is 2.25. The van der Waals surface area contributed by atoms with Crippen LogP contribution in [0, 0.1) is 11.3 Å². The molecule has 1 heterocycles. The van der Waals surface area contributed by atoms with Gasteiger partial charge in [0, 0.05) is 13.6 Å². The second-order valence-corrected chi connectivity index (χ2v) is 3.21. The molecule has 0 fully saturated rings. The fraction of sp³-hybridized carbons (Fsp3) is 0.333. The van der Waals surface area contributed by atoms with E-state index < -0.39 is 0 Å². The Hall–Kier alpha value is -1.67. The molecule has 78 valence electrons. The van der Waals surface area contributed by atoms with E-state index in [1.165, 1.54) is 6.33 Å². The summed E-state index contributed by atoms with van der Waals surface area (Å²) in [5.41, 5.74) is 0.250. The van der Waals surface area contributed by atoms with Crippen LogP contribution in [0.5, 0.6) is 0 Å². The highest BCUT2D eigenvalue weighted by molar-refractivity contribution is 6.32. The molecule has 0 atom stereocenters. The van der Waals surface area contributed by atoms with E-state index in [9.17, 15) is 4.79 Å². The fourth-order valence-electron chi connectivity index (χ4n) is 1.09. The normalized spacial score (nSPS) is 9.40. The summed E-state index contributed by atoms with van der Waals surface area (Å²) in [5.74, 6) is 0.445. The summed E-state index contributed by atoms with van der Waals surface area (Å²) >= 11 is 5.73. The highest BCUT2D eigenvalue weighted by Gasteiger charge is 2.12. The van der Waals surface area contributed by atoms with E-state index in [-0.39, 0.29) is 10.7 Å². The van der Waals surface area contributed by atoms with Gasteiger partial charge in [-0.25, -0.2) is 9.97 Å². The Labute approximate surface area is 92.3 Å². The molecule has 0 saturated carbocycles. The van der Waals surface area contributed by atoms with Gasteiger partial charge in [-0.15, -0.1) is 0 Å². The van der Waals surface area contributed by atoms with Gasteiger partial charge in [0.1, 0.15) is 17.3 Å². The van der Waals surface area contributed by atoms with Gasteiger partial charge in [0.15, 0.2) is 6.29 Å². The minimum atomic E-state index is 0.124. The molecule has 1 rings (SSSR count). The van der Waals surface area contributed by atoms with Gasteiger partial charge in [-0.3, -0.25) is 4.79 Å². The van der Waals surface area contributed by atoms with Crippen LogP contribution in [0.25, 0.3) is 0 Å². The van der Waals surface area contributed by atoms with Gasteiger partial charge in [-0.1, -0.05) is 11.6 Å². The lowest BCUT2D eigenvalue weighted by atomic mass is 10.3. The van der Waals surface area contributed by atoms with Crippen molar-refractivity contribution in [3.63, 3.8) is 0 Å². The zero-order chi connectivity index (χ0) is 11.3. The molecule has 1 aromatic heterocycles. The number of rotatable bonds is 4. The molecule has 0 radical (unpaired) electrons. The van der Waals surface area contributed by atoms with Gasteiger partial charge >= 0.3 is 0 Å². The first-order chi connectivity index (χ1) is 7.20. The maximum Gasteiger partial charge on any atom is 0.156 e. The zero-order valence-corrected chi connectivity index (χ0v) is 8.90. The number of nitrogens with zero attached hydrogens (tertiary/aromatic N) is 4. The molecular weight excluding hydrogens is 216 g/mol. The number of aromatic nitrogens is 2. The monoisotopic (exact) mass is 224 g/mol. The number of carbonyl (C=O) groups is 1. The molecule has 0 aliphatic heterocycles.